The first-order chi connectivity index (χ1) is 11.2. The lowest BCUT2D eigenvalue weighted by atomic mass is 9.91. The van der Waals surface area contributed by atoms with Crippen LogP contribution in [0.2, 0.25) is 0 Å². The van der Waals surface area contributed by atoms with Crippen LogP contribution in [0.5, 0.6) is 0 Å². The van der Waals surface area contributed by atoms with Crippen LogP contribution in [0, 0.1) is 5.92 Å². The molecule has 1 N–H and O–H groups in total. The van der Waals surface area contributed by atoms with Gasteiger partial charge in [-0.05, 0) is 43.3 Å². The van der Waals surface area contributed by atoms with Crippen molar-refractivity contribution >= 4 is 17.3 Å². The molecule has 7 heteroatoms. The average Bonchev–Trinajstić information content (AvgIpc) is 3.25. The number of piperidine rings is 1. The van der Waals surface area contributed by atoms with Gasteiger partial charge in [-0.1, -0.05) is 6.07 Å². The van der Waals surface area contributed by atoms with Crippen molar-refractivity contribution in [2.75, 3.05) is 20.2 Å². The molecule has 3 rings (SSSR count). The number of hydrogen-bond acceptors (Lipinski definition) is 7. The van der Waals surface area contributed by atoms with Crippen LogP contribution in [-0.4, -0.2) is 47.3 Å². The number of aliphatic hydroxyl groups is 1. The molecule has 0 aromatic carbocycles. The van der Waals surface area contributed by atoms with Gasteiger partial charge < -0.3 is 14.3 Å². The van der Waals surface area contributed by atoms with Gasteiger partial charge in [0.1, 0.15) is 0 Å². The van der Waals surface area contributed by atoms with Crippen molar-refractivity contribution in [2.24, 2.45) is 5.92 Å². The van der Waals surface area contributed by atoms with Crippen molar-refractivity contribution in [3.63, 3.8) is 0 Å². The summed E-state index contributed by atoms with van der Waals surface area (Å²) >= 11 is 1.62. The van der Waals surface area contributed by atoms with E-state index in [4.69, 9.17) is 4.42 Å². The van der Waals surface area contributed by atoms with E-state index in [1.165, 1.54) is 7.11 Å². The summed E-state index contributed by atoms with van der Waals surface area (Å²) < 4.78 is 10.4. The Labute approximate surface area is 138 Å². The monoisotopic (exact) mass is 336 g/mol. The maximum absolute atomic E-state index is 11.4. The summed E-state index contributed by atoms with van der Waals surface area (Å²) in [7, 11) is 1.30. The van der Waals surface area contributed by atoms with Crippen LogP contribution < -0.4 is 0 Å². The van der Waals surface area contributed by atoms with Gasteiger partial charge in [-0.3, -0.25) is 4.90 Å². The maximum atomic E-state index is 11.4. The molecule has 23 heavy (non-hydrogen) atoms. The molecule has 1 fully saturated rings. The molecule has 3 heterocycles. The fourth-order valence-corrected chi connectivity index (χ4v) is 3.52. The van der Waals surface area contributed by atoms with Gasteiger partial charge >= 0.3 is 5.97 Å². The van der Waals surface area contributed by atoms with Crippen LogP contribution in [-0.2, 0) is 16.1 Å². The van der Waals surface area contributed by atoms with Gasteiger partial charge in [-0.25, -0.2) is 9.78 Å². The molecule has 0 spiro atoms. The average molecular weight is 336 g/mol. The first kappa shape index (κ1) is 16.2. The molecule has 1 unspecified atom stereocenters. The molecule has 124 valence electrons. The second-order valence-corrected chi connectivity index (χ2v) is 6.62. The number of methoxy groups -OCH3 is 1. The molecular weight excluding hydrogens is 316 g/mol. The lowest BCUT2D eigenvalue weighted by Gasteiger charge is -2.32. The molecule has 0 aliphatic carbocycles. The molecule has 0 bridgehead atoms. The largest absolute Gasteiger partial charge is 0.467 e. The van der Waals surface area contributed by atoms with E-state index < -0.39 is 12.1 Å². The van der Waals surface area contributed by atoms with E-state index >= 15 is 0 Å². The first-order valence-corrected chi connectivity index (χ1v) is 8.52. The summed E-state index contributed by atoms with van der Waals surface area (Å²) in [6.07, 6.45) is 2.26. The minimum absolute atomic E-state index is 0.0371. The van der Waals surface area contributed by atoms with Crippen molar-refractivity contribution in [3.05, 3.63) is 29.6 Å². The fraction of sp³-hybridized carbons (Fsp3) is 0.500. The Morgan fingerprint density at radius 3 is 3.00 bits per heavy atom. The fourth-order valence-electron chi connectivity index (χ4n) is 2.85. The Balaban J connectivity index is 1.52. The third-order valence-corrected chi connectivity index (χ3v) is 5.08. The highest BCUT2D eigenvalue weighted by Crippen LogP contribution is 2.27. The number of thiophene rings is 1. The molecular formula is C16H20N2O4S. The molecule has 1 atom stereocenters. The number of esters is 1. The molecule has 6 nitrogen and oxygen atoms in total. The highest BCUT2D eigenvalue weighted by Gasteiger charge is 2.30. The van der Waals surface area contributed by atoms with Crippen LogP contribution in [0.3, 0.4) is 0 Å². The van der Waals surface area contributed by atoms with E-state index in [9.17, 15) is 9.90 Å². The van der Waals surface area contributed by atoms with Crippen molar-refractivity contribution in [1.29, 1.82) is 0 Å². The summed E-state index contributed by atoms with van der Waals surface area (Å²) in [6.45, 7) is 2.25. The third-order valence-electron chi connectivity index (χ3n) is 4.20. The SMILES string of the molecule is COC(=O)C(O)C1CCN(Cc2ncc(-c3cccs3)o2)CC1. The summed E-state index contributed by atoms with van der Waals surface area (Å²) in [5, 5.41) is 11.9. The quantitative estimate of drug-likeness (QED) is 0.843. The Kier molecular flexibility index (Phi) is 5.09. The standard InChI is InChI=1S/C16H20N2O4S/c1-21-16(20)15(19)11-4-6-18(7-5-11)10-14-17-9-12(22-14)13-3-2-8-23-13/h2-3,8-9,11,15,19H,4-7,10H2,1H3. The van der Waals surface area contributed by atoms with Gasteiger partial charge in [0, 0.05) is 0 Å². The number of carbonyl (C=O) groups is 1. The van der Waals surface area contributed by atoms with Gasteiger partial charge in [-0.15, -0.1) is 11.3 Å². The lowest BCUT2D eigenvalue weighted by Crippen LogP contribution is -2.40. The van der Waals surface area contributed by atoms with Crippen molar-refractivity contribution < 1.29 is 19.1 Å². The number of rotatable bonds is 5. The zero-order valence-electron chi connectivity index (χ0n) is 13.0. The third kappa shape index (κ3) is 3.80. The van der Waals surface area contributed by atoms with E-state index in [0.29, 0.717) is 12.4 Å². The van der Waals surface area contributed by atoms with E-state index in [2.05, 4.69) is 14.6 Å². The minimum atomic E-state index is -1.02. The topological polar surface area (TPSA) is 75.8 Å². The molecule has 1 aliphatic rings. The number of aromatic nitrogens is 1. The lowest BCUT2D eigenvalue weighted by molar-refractivity contribution is -0.154. The Morgan fingerprint density at radius 2 is 2.35 bits per heavy atom. The summed E-state index contributed by atoms with van der Waals surface area (Å²) in [4.78, 5) is 19.0. The van der Waals surface area contributed by atoms with E-state index in [-0.39, 0.29) is 5.92 Å². The Morgan fingerprint density at radius 1 is 1.57 bits per heavy atom. The number of nitrogens with zero attached hydrogens (tertiary/aromatic N) is 2. The van der Waals surface area contributed by atoms with Gasteiger partial charge in [0.25, 0.3) is 0 Å². The highest BCUT2D eigenvalue weighted by molar-refractivity contribution is 7.13. The molecule has 1 saturated heterocycles. The molecule has 0 saturated carbocycles. The Hall–Kier alpha value is -1.70. The minimum Gasteiger partial charge on any atom is -0.467 e. The zero-order valence-corrected chi connectivity index (χ0v) is 13.8. The number of carbonyl (C=O) groups excluding carboxylic acids is 1. The smallest absolute Gasteiger partial charge is 0.334 e. The van der Waals surface area contributed by atoms with Crippen LogP contribution in [0.15, 0.2) is 28.1 Å². The van der Waals surface area contributed by atoms with Crippen LogP contribution in [0.4, 0.5) is 0 Å². The number of likely N-dealkylation sites (tertiary alicyclic amines) is 1. The second kappa shape index (κ2) is 7.25. The summed E-state index contributed by atoms with van der Waals surface area (Å²) in [5.74, 6) is 0.910. The normalized spacial score (nSPS) is 18.0. The van der Waals surface area contributed by atoms with Gasteiger partial charge in [-0.2, -0.15) is 0 Å². The Bertz CT molecular complexity index is 632. The number of hydrogen-bond donors (Lipinski definition) is 1. The predicted octanol–water partition coefficient (Wildman–Crippen LogP) is 2.15. The molecule has 2 aromatic heterocycles. The molecule has 0 amide bonds. The number of aliphatic hydroxyl groups excluding tert-OH is 1. The number of oxazole rings is 1. The van der Waals surface area contributed by atoms with E-state index in [1.54, 1.807) is 17.5 Å². The van der Waals surface area contributed by atoms with Crippen LogP contribution in [0.25, 0.3) is 10.6 Å². The number of ether oxygens (including phenoxy) is 1. The van der Waals surface area contributed by atoms with Gasteiger partial charge in [0.15, 0.2) is 11.9 Å². The molecule has 0 radical (unpaired) electrons. The van der Waals surface area contributed by atoms with E-state index in [0.717, 1.165) is 36.6 Å². The molecule has 2 aromatic rings. The van der Waals surface area contributed by atoms with Crippen LogP contribution >= 0.6 is 11.3 Å². The van der Waals surface area contributed by atoms with Crippen molar-refractivity contribution in [1.82, 2.24) is 9.88 Å². The van der Waals surface area contributed by atoms with E-state index in [1.807, 2.05) is 17.5 Å². The summed E-state index contributed by atoms with van der Waals surface area (Å²) in [5.41, 5.74) is 0. The van der Waals surface area contributed by atoms with Crippen LogP contribution in [0.1, 0.15) is 18.7 Å². The van der Waals surface area contributed by atoms with Crippen molar-refractivity contribution in [2.45, 2.75) is 25.5 Å². The van der Waals surface area contributed by atoms with Crippen molar-refractivity contribution in [3.8, 4) is 10.6 Å². The predicted molar refractivity (Wildman–Crippen MR) is 85.8 cm³/mol. The highest BCUT2D eigenvalue weighted by atomic mass is 32.1. The zero-order chi connectivity index (χ0) is 16.2. The first-order valence-electron chi connectivity index (χ1n) is 7.64. The van der Waals surface area contributed by atoms with Gasteiger partial charge in [0.2, 0.25) is 5.89 Å². The molecule has 1 aliphatic heterocycles. The summed E-state index contributed by atoms with van der Waals surface area (Å²) in [6, 6.07) is 3.99. The second-order valence-electron chi connectivity index (χ2n) is 5.68. The van der Waals surface area contributed by atoms with Gasteiger partial charge in [0.05, 0.1) is 24.7 Å². The maximum Gasteiger partial charge on any atom is 0.334 e.